The van der Waals surface area contributed by atoms with E-state index in [2.05, 4.69) is 15.3 Å². The monoisotopic (exact) mass is 281 g/mol. The highest BCUT2D eigenvalue weighted by Crippen LogP contribution is 2.24. The molecule has 0 spiro atoms. The van der Waals surface area contributed by atoms with Crippen LogP contribution in [0.4, 0.5) is 10.2 Å². The quantitative estimate of drug-likeness (QED) is 0.824. The molecular formula is C13H20FN5O. The van der Waals surface area contributed by atoms with Gasteiger partial charge in [-0.25, -0.2) is 14.4 Å². The lowest BCUT2D eigenvalue weighted by Crippen LogP contribution is -2.44. The molecule has 2 heterocycles. The average Bonchev–Trinajstić information content (AvgIpc) is 2.47. The predicted molar refractivity (Wildman–Crippen MR) is 73.7 cm³/mol. The highest BCUT2D eigenvalue weighted by molar-refractivity contribution is 5.79. The van der Waals surface area contributed by atoms with Crippen LogP contribution in [0.3, 0.4) is 0 Å². The molecule has 2 rings (SSSR count). The van der Waals surface area contributed by atoms with Crippen LogP contribution in [-0.2, 0) is 4.79 Å². The Hall–Kier alpha value is -1.76. The van der Waals surface area contributed by atoms with Gasteiger partial charge in [0.25, 0.3) is 0 Å². The van der Waals surface area contributed by atoms with Gasteiger partial charge in [-0.1, -0.05) is 0 Å². The van der Waals surface area contributed by atoms with Gasteiger partial charge in [0, 0.05) is 26.2 Å². The van der Waals surface area contributed by atoms with Crippen LogP contribution in [0.5, 0.6) is 0 Å². The van der Waals surface area contributed by atoms with E-state index in [9.17, 15) is 9.18 Å². The lowest BCUT2D eigenvalue weighted by atomic mass is 9.97. The van der Waals surface area contributed by atoms with E-state index < -0.39 is 5.82 Å². The highest BCUT2D eigenvalue weighted by Gasteiger charge is 2.28. The summed E-state index contributed by atoms with van der Waals surface area (Å²) in [6.45, 7) is 3.67. The predicted octanol–water partition coefficient (Wildman–Crippen LogP) is 0.215. The van der Waals surface area contributed by atoms with Crippen molar-refractivity contribution in [2.24, 2.45) is 11.7 Å². The number of anilines is 1. The second-order valence-corrected chi connectivity index (χ2v) is 4.96. The number of aromatic nitrogens is 2. The number of halogens is 1. The van der Waals surface area contributed by atoms with E-state index in [1.54, 1.807) is 6.92 Å². The van der Waals surface area contributed by atoms with Crippen molar-refractivity contribution in [3.8, 4) is 0 Å². The number of carbonyl (C=O) groups excluding carboxylic acids is 1. The first kappa shape index (κ1) is 14.6. The summed E-state index contributed by atoms with van der Waals surface area (Å²) >= 11 is 0. The van der Waals surface area contributed by atoms with Gasteiger partial charge in [0.05, 0.1) is 11.6 Å². The zero-order chi connectivity index (χ0) is 14.5. The Morgan fingerprint density at radius 2 is 2.40 bits per heavy atom. The Balaban J connectivity index is 2.06. The molecule has 0 aromatic carbocycles. The van der Waals surface area contributed by atoms with E-state index >= 15 is 0 Å². The van der Waals surface area contributed by atoms with Crippen LogP contribution < -0.4 is 16.0 Å². The summed E-state index contributed by atoms with van der Waals surface area (Å²) < 4.78 is 14.0. The van der Waals surface area contributed by atoms with E-state index in [0.717, 1.165) is 12.8 Å². The Kier molecular flexibility index (Phi) is 4.84. The molecule has 0 aliphatic carbocycles. The van der Waals surface area contributed by atoms with E-state index in [1.807, 2.05) is 4.90 Å². The van der Waals surface area contributed by atoms with E-state index in [4.69, 9.17) is 5.73 Å². The maximum atomic E-state index is 14.0. The first-order chi connectivity index (χ1) is 9.63. The molecule has 1 aromatic rings. The number of piperidine rings is 1. The summed E-state index contributed by atoms with van der Waals surface area (Å²) in [6.07, 6.45) is 2.99. The highest BCUT2D eigenvalue weighted by atomic mass is 19.1. The smallest absolute Gasteiger partial charge is 0.224 e. The molecule has 1 aromatic heterocycles. The summed E-state index contributed by atoms with van der Waals surface area (Å²) in [5, 5.41) is 2.78. The van der Waals surface area contributed by atoms with Crippen LogP contribution in [0.15, 0.2) is 6.33 Å². The molecule has 1 amide bonds. The zero-order valence-corrected chi connectivity index (χ0v) is 11.6. The SMILES string of the molecule is Cc1ncnc(N2CCCC(C(=O)NCCN)C2)c1F. The minimum absolute atomic E-state index is 0.0219. The van der Waals surface area contributed by atoms with Gasteiger partial charge in [0.1, 0.15) is 6.33 Å². The van der Waals surface area contributed by atoms with Crippen molar-refractivity contribution in [2.75, 3.05) is 31.1 Å². The van der Waals surface area contributed by atoms with E-state index in [0.29, 0.717) is 31.9 Å². The fourth-order valence-corrected chi connectivity index (χ4v) is 2.39. The van der Waals surface area contributed by atoms with Gasteiger partial charge in [-0.15, -0.1) is 0 Å². The molecule has 0 radical (unpaired) electrons. The topological polar surface area (TPSA) is 84.1 Å². The molecule has 1 atom stereocenters. The van der Waals surface area contributed by atoms with Crippen molar-refractivity contribution in [2.45, 2.75) is 19.8 Å². The van der Waals surface area contributed by atoms with Crippen LogP contribution in [0.2, 0.25) is 0 Å². The number of nitrogens with two attached hydrogens (primary N) is 1. The number of amides is 1. The van der Waals surface area contributed by atoms with Gasteiger partial charge < -0.3 is 16.0 Å². The number of rotatable bonds is 4. The molecule has 1 fully saturated rings. The Morgan fingerprint density at radius 1 is 1.60 bits per heavy atom. The number of aryl methyl sites for hydroxylation is 1. The zero-order valence-electron chi connectivity index (χ0n) is 11.6. The molecule has 0 saturated carbocycles. The van der Waals surface area contributed by atoms with Gasteiger partial charge in [-0.05, 0) is 19.8 Å². The average molecular weight is 281 g/mol. The lowest BCUT2D eigenvalue weighted by molar-refractivity contribution is -0.125. The maximum Gasteiger partial charge on any atom is 0.224 e. The molecule has 1 aliphatic rings. The van der Waals surface area contributed by atoms with Crippen LogP contribution in [-0.4, -0.2) is 42.1 Å². The molecular weight excluding hydrogens is 261 g/mol. The van der Waals surface area contributed by atoms with Crippen molar-refractivity contribution in [1.82, 2.24) is 15.3 Å². The third kappa shape index (κ3) is 3.22. The van der Waals surface area contributed by atoms with Crippen LogP contribution in [0, 0.1) is 18.7 Å². The third-order valence-corrected chi connectivity index (χ3v) is 3.48. The molecule has 1 saturated heterocycles. The summed E-state index contributed by atoms with van der Waals surface area (Å²) in [5.41, 5.74) is 5.69. The summed E-state index contributed by atoms with van der Waals surface area (Å²) in [4.78, 5) is 21.6. The minimum Gasteiger partial charge on any atom is -0.355 e. The second-order valence-electron chi connectivity index (χ2n) is 4.96. The van der Waals surface area contributed by atoms with Gasteiger partial charge in [0.2, 0.25) is 5.91 Å². The largest absolute Gasteiger partial charge is 0.355 e. The number of hydrogen-bond donors (Lipinski definition) is 2. The number of nitrogens with zero attached hydrogens (tertiary/aromatic N) is 3. The lowest BCUT2D eigenvalue weighted by Gasteiger charge is -2.33. The molecule has 1 unspecified atom stereocenters. The third-order valence-electron chi connectivity index (χ3n) is 3.48. The summed E-state index contributed by atoms with van der Waals surface area (Å²) in [7, 11) is 0. The Morgan fingerprint density at radius 3 is 3.15 bits per heavy atom. The normalized spacial score (nSPS) is 18.9. The molecule has 7 heteroatoms. The second kappa shape index (κ2) is 6.60. The fraction of sp³-hybridized carbons (Fsp3) is 0.615. The number of carbonyl (C=O) groups is 1. The molecule has 3 N–H and O–H groups in total. The van der Waals surface area contributed by atoms with Crippen molar-refractivity contribution in [1.29, 1.82) is 0 Å². The number of hydrogen-bond acceptors (Lipinski definition) is 5. The Bertz CT molecular complexity index is 482. The van der Waals surface area contributed by atoms with Gasteiger partial charge in [-0.2, -0.15) is 0 Å². The minimum atomic E-state index is -0.407. The summed E-state index contributed by atoms with van der Waals surface area (Å²) in [5.74, 6) is -0.291. The van der Waals surface area contributed by atoms with Crippen molar-refractivity contribution in [3.63, 3.8) is 0 Å². The molecule has 0 bridgehead atoms. The number of nitrogens with one attached hydrogen (secondary N) is 1. The standard InChI is InChI=1S/C13H20FN5O/c1-9-11(14)12(18-8-17-9)19-6-2-3-10(7-19)13(20)16-5-4-15/h8,10H,2-7,15H2,1H3,(H,16,20). The fourth-order valence-electron chi connectivity index (χ4n) is 2.39. The maximum absolute atomic E-state index is 14.0. The van der Waals surface area contributed by atoms with Crippen molar-refractivity contribution in [3.05, 3.63) is 17.8 Å². The van der Waals surface area contributed by atoms with Gasteiger partial charge in [-0.3, -0.25) is 4.79 Å². The Labute approximate surface area is 117 Å². The molecule has 110 valence electrons. The van der Waals surface area contributed by atoms with Crippen LogP contribution >= 0.6 is 0 Å². The molecule has 6 nitrogen and oxygen atoms in total. The van der Waals surface area contributed by atoms with Gasteiger partial charge >= 0.3 is 0 Å². The molecule has 20 heavy (non-hydrogen) atoms. The van der Waals surface area contributed by atoms with Crippen LogP contribution in [0.25, 0.3) is 0 Å². The first-order valence-electron chi connectivity index (χ1n) is 6.83. The van der Waals surface area contributed by atoms with Crippen molar-refractivity contribution >= 4 is 11.7 Å². The van der Waals surface area contributed by atoms with E-state index in [1.165, 1.54) is 6.33 Å². The van der Waals surface area contributed by atoms with E-state index in [-0.39, 0.29) is 17.6 Å². The summed E-state index contributed by atoms with van der Waals surface area (Å²) in [6, 6.07) is 0. The van der Waals surface area contributed by atoms with Crippen LogP contribution in [0.1, 0.15) is 18.5 Å². The van der Waals surface area contributed by atoms with Crippen molar-refractivity contribution < 1.29 is 9.18 Å². The first-order valence-corrected chi connectivity index (χ1v) is 6.83. The molecule has 1 aliphatic heterocycles. The van der Waals surface area contributed by atoms with Gasteiger partial charge in [0.15, 0.2) is 11.6 Å².